The Morgan fingerprint density at radius 1 is 1.20 bits per heavy atom. The Morgan fingerprint density at radius 3 is 2.53 bits per heavy atom. The van der Waals surface area contributed by atoms with Crippen LogP contribution in [0.25, 0.3) is 0 Å². The van der Waals surface area contributed by atoms with E-state index in [0.29, 0.717) is 13.2 Å². The molecule has 15 heavy (non-hydrogen) atoms. The minimum Gasteiger partial charge on any atom is -0.479 e. The standard InChI is InChI=1S/C11H12O4/c12-11(13)10-9(14-6-7-15-10)8-4-2-1-3-5-8/h1-5,9-10H,6-7H2,(H,12,13)/t9-,10-/m0/s1. The van der Waals surface area contributed by atoms with Gasteiger partial charge in [-0.1, -0.05) is 30.3 Å². The molecule has 80 valence electrons. The van der Waals surface area contributed by atoms with Crippen molar-refractivity contribution in [3.8, 4) is 0 Å². The summed E-state index contributed by atoms with van der Waals surface area (Å²) in [6.45, 7) is 0.768. The third-order valence-corrected chi connectivity index (χ3v) is 2.32. The van der Waals surface area contributed by atoms with Gasteiger partial charge in [-0.25, -0.2) is 4.79 Å². The van der Waals surface area contributed by atoms with E-state index >= 15 is 0 Å². The Balaban J connectivity index is 2.22. The van der Waals surface area contributed by atoms with Crippen LogP contribution in [0.1, 0.15) is 11.7 Å². The number of benzene rings is 1. The van der Waals surface area contributed by atoms with E-state index in [4.69, 9.17) is 14.6 Å². The van der Waals surface area contributed by atoms with E-state index in [0.717, 1.165) is 5.56 Å². The number of ether oxygens (including phenoxy) is 2. The fourth-order valence-electron chi connectivity index (χ4n) is 1.64. The van der Waals surface area contributed by atoms with Crippen molar-refractivity contribution in [2.75, 3.05) is 13.2 Å². The highest BCUT2D eigenvalue weighted by atomic mass is 16.6. The molecule has 1 fully saturated rings. The molecule has 2 atom stereocenters. The van der Waals surface area contributed by atoms with Gasteiger partial charge in [-0.3, -0.25) is 0 Å². The van der Waals surface area contributed by atoms with Crippen LogP contribution in [-0.2, 0) is 14.3 Å². The molecule has 1 N–H and O–H groups in total. The Labute approximate surface area is 87.4 Å². The Hall–Kier alpha value is -1.39. The maximum atomic E-state index is 10.9. The van der Waals surface area contributed by atoms with Gasteiger partial charge in [0, 0.05) is 0 Å². The molecule has 1 aromatic rings. The summed E-state index contributed by atoms with van der Waals surface area (Å²) in [5.74, 6) is -0.983. The van der Waals surface area contributed by atoms with Gasteiger partial charge < -0.3 is 14.6 Å². The molecule has 0 unspecified atom stereocenters. The molecule has 4 heteroatoms. The zero-order valence-corrected chi connectivity index (χ0v) is 8.13. The van der Waals surface area contributed by atoms with Crippen LogP contribution in [0.15, 0.2) is 30.3 Å². The molecule has 1 heterocycles. The summed E-state index contributed by atoms with van der Waals surface area (Å²) in [7, 11) is 0. The van der Waals surface area contributed by atoms with E-state index < -0.39 is 18.2 Å². The van der Waals surface area contributed by atoms with Crippen molar-refractivity contribution in [1.29, 1.82) is 0 Å². The first kappa shape index (κ1) is 10.1. The van der Waals surface area contributed by atoms with E-state index in [2.05, 4.69) is 0 Å². The first-order valence-corrected chi connectivity index (χ1v) is 4.80. The second-order valence-electron chi connectivity index (χ2n) is 3.33. The Morgan fingerprint density at radius 2 is 1.87 bits per heavy atom. The predicted octanol–water partition coefficient (Wildman–Crippen LogP) is 1.23. The third kappa shape index (κ3) is 2.16. The highest BCUT2D eigenvalue weighted by molar-refractivity contribution is 5.73. The molecule has 0 saturated carbocycles. The highest BCUT2D eigenvalue weighted by Crippen LogP contribution is 2.26. The van der Waals surface area contributed by atoms with Crippen LogP contribution in [0.5, 0.6) is 0 Å². The average Bonchev–Trinajstić information content (AvgIpc) is 2.30. The van der Waals surface area contributed by atoms with Crippen molar-refractivity contribution in [2.45, 2.75) is 12.2 Å². The summed E-state index contributed by atoms with van der Waals surface area (Å²) < 4.78 is 10.6. The Kier molecular flexibility index (Phi) is 2.99. The van der Waals surface area contributed by atoms with Crippen molar-refractivity contribution in [1.82, 2.24) is 0 Å². The molecule has 2 rings (SSSR count). The summed E-state index contributed by atoms with van der Waals surface area (Å²) in [4.78, 5) is 10.9. The zero-order chi connectivity index (χ0) is 10.7. The third-order valence-electron chi connectivity index (χ3n) is 2.32. The summed E-state index contributed by atoms with van der Waals surface area (Å²) >= 11 is 0. The molecular weight excluding hydrogens is 196 g/mol. The molecule has 1 aliphatic rings. The van der Waals surface area contributed by atoms with Crippen molar-refractivity contribution in [2.24, 2.45) is 0 Å². The van der Waals surface area contributed by atoms with Crippen molar-refractivity contribution in [3.05, 3.63) is 35.9 Å². The van der Waals surface area contributed by atoms with Gasteiger partial charge in [0.15, 0.2) is 6.10 Å². The highest BCUT2D eigenvalue weighted by Gasteiger charge is 2.33. The quantitative estimate of drug-likeness (QED) is 0.794. The molecule has 0 aliphatic carbocycles. The molecule has 1 aliphatic heterocycles. The maximum absolute atomic E-state index is 10.9. The molecule has 1 saturated heterocycles. The van der Waals surface area contributed by atoms with E-state index in [9.17, 15) is 4.79 Å². The van der Waals surface area contributed by atoms with E-state index in [-0.39, 0.29) is 0 Å². The van der Waals surface area contributed by atoms with Crippen LogP contribution >= 0.6 is 0 Å². The van der Waals surface area contributed by atoms with Crippen LogP contribution < -0.4 is 0 Å². The smallest absolute Gasteiger partial charge is 0.335 e. The summed E-state index contributed by atoms with van der Waals surface area (Å²) in [5.41, 5.74) is 0.838. The molecule has 4 nitrogen and oxygen atoms in total. The van der Waals surface area contributed by atoms with E-state index in [1.807, 2.05) is 30.3 Å². The first-order chi connectivity index (χ1) is 7.29. The first-order valence-electron chi connectivity index (χ1n) is 4.80. The molecule has 0 spiro atoms. The lowest BCUT2D eigenvalue weighted by molar-refractivity contribution is -0.181. The molecular formula is C11H12O4. The van der Waals surface area contributed by atoms with Gasteiger partial charge in [0.05, 0.1) is 13.2 Å². The lowest BCUT2D eigenvalue weighted by atomic mass is 10.0. The topological polar surface area (TPSA) is 55.8 Å². The van der Waals surface area contributed by atoms with Gasteiger partial charge in [-0.2, -0.15) is 0 Å². The van der Waals surface area contributed by atoms with Gasteiger partial charge in [0.25, 0.3) is 0 Å². The van der Waals surface area contributed by atoms with Gasteiger partial charge >= 0.3 is 5.97 Å². The van der Waals surface area contributed by atoms with E-state index in [1.165, 1.54) is 0 Å². The summed E-state index contributed by atoms with van der Waals surface area (Å²) in [6.07, 6.45) is -1.40. The summed E-state index contributed by atoms with van der Waals surface area (Å²) in [5, 5.41) is 8.96. The number of rotatable bonds is 2. The number of carboxylic acid groups (broad SMARTS) is 1. The molecule has 0 bridgehead atoms. The molecule has 1 aromatic carbocycles. The van der Waals surface area contributed by atoms with Gasteiger partial charge in [-0.15, -0.1) is 0 Å². The molecule has 0 amide bonds. The monoisotopic (exact) mass is 208 g/mol. The second-order valence-corrected chi connectivity index (χ2v) is 3.33. The Bertz CT molecular complexity index is 336. The largest absolute Gasteiger partial charge is 0.479 e. The van der Waals surface area contributed by atoms with Gasteiger partial charge in [0.1, 0.15) is 6.10 Å². The van der Waals surface area contributed by atoms with Crippen LogP contribution in [0.3, 0.4) is 0 Å². The normalized spacial score (nSPS) is 26.1. The molecule has 0 radical (unpaired) electrons. The number of carboxylic acids is 1. The van der Waals surface area contributed by atoms with Crippen molar-refractivity contribution in [3.63, 3.8) is 0 Å². The minimum absolute atomic E-state index is 0.334. The van der Waals surface area contributed by atoms with Gasteiger partial charge in [0.2, 0.25) is 0 Å². The van der Waals surface area contributed by atoms with E-state index in [1.54, 1.807) is 0 Å². The SMILES string of the molecule is O=C(O)[C@H]1OCCO[C@H]1c1ccccc1. The van der Waals surface area contributed by atoms with Crippen molar-refractivity contribution >= 4 is 5.97 Å². The maximum Gasteiger partial charge on any atom is 0.335 e. The van der Waals surface area contributed by atoms with Crippen molar-refractivity contribution < 1.29 is 19.4 Å². The van der Waals surface area contributed by atoms with Crippen LogP contribution in [-0.4, -0.2) is 30.4 Å². The summed E-state index contributed by atoms with van der Waals surface area (Å²) in [6, 6.07) is 9.27. The fourth-order valence-corrected chi connectivity index (χ4v) is 1.64. The lowest BCUT2D eigenvalue weighted by Crippen LogP contribution is -2.38. The second kappa shape index (κ2) is 4.42. The fraction of sp³-hybridized carbons (Fsp3) is 0.364. The number of carbonyl (C=O) groups is 1. The molecule has 0 aromatic heterocycles. The van der Waals surface area contributed by atoms with Crippen LogP contribution in [0, 0.1) is 0 Å². The number of hydrogen-bond acceptors (Lipinski definition) is 3. The average molecular weight is 208 g/mol. The van der Waals surface area contributed by atoms with Gasteiger partial charge in [-0.05, 0) is 5.56 Å². The predicted molar refractivity (Wildman–Crippen MR) is 52.5 cm³/mol. The minimum atomic E-state index is -0.983. The number of hydrogen-bond donors (Lipinski definition) is 1. The number of aliphatic carboxylic acids is 1. The van der Waals surface area contributed by atoms with Crippen LogP contribution in [0.2, 0.25) is 0 Å². The zero-order valence-electron chi connectivity index (χ0n) is 8.13. The lowest BCUT2D eigenvalue weighted by Gasteiger charge is -2.29. The van der Waals surface area contributed by atoms with Crippen LogP contribution in [0.4, 0.5) is 0 Å².